The average molecular weight is 460 g/mol. The van der Waals surface area contributed by atoms with Gasteiger partial charge in [-0.05, 0) is 39.2 Å². The van der Waals surface area contributed by atoms with E-state index in [0.717, 1.165) is 27.1 Å². The molecule has 5 heteroatoms. The molecule has 35 heavy (non-hydrogen) atoms. The van der Waals surface area contributed by atoms with Gasteiger partial charge in [-0.2, -0.15) is 0 Å². The van der Waals surface area contributed by atoms with Crippen molar-refractivity contribution < 1.29 is 19.1 Å². The van der Waals surface area contributed by atoms with E-state index < -0.39 is 17.7 Å². The number of aliphatic hydroxyl groups is 1. The summed E-state index contributed by atoms with van der Waals surface area (Å²) in [6, 6.07) is 29.6. The highest BCUT2D eigenvalue weighted by Crippen LogP contribution is 2.43. The van der Waals surface area contributed by atoms with Crippen molar-refractivity contribution in [2.45, 2.75) is 12.6 Å². The number of aliphatic hydroxyl groups excluding tert-OH is 1. The lowest BCUT2D eigenvalue weighted by Gasteiger charge is -2.25. The van der Waals surface area contributed by atoms with E-state index in [1.54, 1.807) is 18.2 Å². The zero-order valence-corrected chi connectivity index (χ0v) is 18.7. The van der Waals surface area contributed by atoms with Gasteiger partial charge in [0.25, 0.3) is 11.7 Å². The van der Waals surface area contributed by atoms with Crippen LogP contribution in [0.3, 0.4) is 0 Å². The lowest BCUT2D eigenvalue weighted by atomic mass is 9.90. The minimum atomic E-state index is -0.773. The molecule has 0 saturated carbocycles. The summed E-state index contributed by atoms with van der Waals surface area (Å²) in [6.07, 6.45) is 1.54. The number of ketones is 1. The Kier molecular flexibility index (Phi) is 4.96. The monoisotopic (exact) mass is 459 g/mol. The first-order valence-electron chi connectivity index (χ1n) is 11.4. The second-order valence-electron chi connectivity index (χ2n) is 8.60. The van der Waals surface area contributed by atoms with Gasteiger partial charge in [-0.1, -0.05) is 84.9 Å². The molecule has 0 radical (unpaired) electrons. The highest BCUT2D eigenvalue weighted by molar-refractivity contribution is 6.46. The largest absolute Gasteiger partial charge is 0.507 e. The van der Waals surface area contributed by atoms with Crippen LogP contribution in [0.2, 0.25) is 0 Å². The molecule has 1 fully saturated rings. The van der Waals surface area contributed by atoms with Crippen molar-refractivity contribution in [3.63, 3.8) is 0 Å². The number of carbonyl (C=O) groups excluding carboxylic acids is 2. The maximum absolute atomic E-state index is 13.5. The van der Waals surface area contributed by atoms with E-state index in [0.29, 0.717) is 11.3 Å². The third-order valence-corrected chi connectivity index (χ3v) is 6.61. The van der Waals surface area contributed by atoms with Crippen molar-refractivity contribution in [1.82, 2.24) is 4.90 Å². The summed E-state index contributed by atoms with van der Waals surface area (Å²) in [5.41, 5.74) is 1.37. The number of hydrogen-bond donors (Lipinski definition) is 1. The number of benzene rings is 4. The van der Waals surface area contributed by atoms with Crippen LogP contribution in [0.4, 0.5) is 0 Å². The molecule has 1 atom stereocenters. The molecule has 5 aromatic rings. The summed E-state index contributed by atoms with van der Waals surface area (Å²) >= 11 is 0. The summed E-state index contributed by atoms with van der Waals surface area (Å²) in [4.78, 5) is 28.3. The minimum Gasteiger partial charge on any atom is -0.507 e. The number of hydrogen-bond acceptors (Lipinski definition) is 4. The standard InChI is InChI=1S/C30H21NO4/c32-28(25-16-6-11-20-9-2-4-14-23(20)25)26-27(24-15-5-10-19-8-1-3-13-22(19)24)31(30(34)29(26)33)18-21-12-7-17-35-21/h1-17,27,32H,18H2/b28-26+. The smallest absolute Gasteiger partial charge is 0.296 e. The van der Waals surface area contributed by atoms with Crippen LogP contribution in [-0.4, -0.2) is 21.7 Å². The van der Waals surface area contributed by atoms with Crippen molar-refractivity contribution >= 4 is 39.0 Å². The average Bonchev–Trinajstić information content (AvgIpc) is 3.50. The fraction of sp³-hybridized carbons (Fsp3) is 0.0667. The summed E-state index contributed by atoms with van der Waals surface area (Å²) < 4.78 is 5.50. The molecule has 1 aliphatic rings. The number of likely N-dealkylation sites (tertiary alicyclic amines) is 1. The molecule has 0 spiro atoms. The van der Waals surface area contributed by atoms with Gasteiger partial charge in [-0.15, -0.1) is 0 Å². The SMILES string of the molecule is O=C1C(=O)N(Cc2ccco2)C(c2cccc3ccccc23)/C1=C(\O)c1cccc2ccccc12. The first kappa shape index (κ1) is 20.9. The second-order valence-corrected chi connectivity index (χ2v) is 8.60. The molecule has 5 nitrogen and oxygen atoms in total. The van der Waals surface area contributed by atoms with Crippen LogP contribution in [0.5, 0.6) is 0 Å². The van der Waals surface area contributed by atoms with Gasteiger partial charge in [-0.3, -0.25) is 9.59 Å². The van der Waals surface area contributed by atoms with E-state index >= 15 is 0 Å². The predicted molar refractivity (Wildman–Crippen MR) is 134 cm³/mol. The van der Waals surface area contributed by atoms with Gasteiger partial charge in [0.15, 0.2) is 0 Å². The molecule has 1 N–H and O–H groups in total. The third kappa shape index (κ3) is 3.40. The highest BCUT2D eigenvalue weighted by Gasteiger charge is 2.47. The number of carbonyl (C=O) groups is 2. The van der Waals surface area contributed by atoms with E-state index in [1.807, 2.05) is 78.9 Å². The maximum atomic E-state index is 13.5. The quantitative estimate of drug-likeness (QED) is 0.197. The van der Waals surface area contributed by atoms with Crippen LogP contribution in [0.1, 0.15) is 22.9 Å². The fourth-order valence-electron chi connectivity index (χ4n) is 5.00. The number of amides is 1. The Morgan fingerprint density at radius 3 is 2.17 bits per heavy atom. The molecule has 1 amide bonds. The van der Waals surface area contributed by atoms with E-state index in [4.69, 9.17) is 4.42 Å². The number of furan rings is 1. The Labute approximate surface area is 201 Å². The summed E-state index contributed by atoms with van der Waals surface area (Å²) in [7, 11) is 0. The van der Waals surface area contributed by atoms with E-state index in [2.05, 4.69) is 0 Å². The van der Waals surface area contributed by atoms with Crippen LogP contribution < -0.4 is 0 Å². The Morgan fingerprint density at radius 1 is 0.771 bits per heavy atom. The zero-order valence-electron chi connectivity index (χ0n) is 18.7. The fourth-order valence-corrected chi connectivity index (χ4v) is 5.00. The minimum absolute atomic E-state index is 0.0780. The van der Waals surface area contributed by atoms with Crippen molar-refractivity contribution in [2.24, 2.45) is 0 Å². The van der Waals surface area contributed by atoms with Gasteiger partial charge in [0.1, 0.15) is 11.5 Å². The number of nitrogens with zero attached hydrogens (tertiary/aromatic N) is 1. The molecule has 1 aliphatic heterocycles. The normalized spacial score (nSPS) is 17.5. The van der Waals surface area contributed by atoms with Crippen molar-refractivity contribution in [3.05, 3.63) is 126 Å². The maximum Gasteiger partial charge on any atom is 0.296 e. The van der Waals surface area contributed by atoms with Crippen molar-refractivity contribution in [1.29, 1.82) is 0 Å². The molecule has 1 aromatic heterocycles. The van der Waals surface area contributed by atoms with Crippen LogP contribution >= 0.6 is 0 Å². The van der Waals surface area contributed by atoms with Crippen LogP contribution in [0.25, 0.3) is 27.3 Å². The van der Waals surface area contributed by atoms with Gasteiger partial charge in [0.2, 0.25) is 0 Å². The molecule has 2 heterocycles. The highest BCUT2D eigenvalue weighted by atomic mass is 16.3. The molecular formula is C30H21NO4. The summed E-state index contributed by atoms with van der Waals surface area (Å²) in [6.45, 7) is 0.109. The molecule has 1 unspecified atom stereocenters. The lowest BCUT2D eigenvalue weighted by Crippen LogP contribution is -2.29. The van der Waals surface area contributed by atoms with Crippen molar-refractivity contribution in [3.8, 4) is 0 Å². The van der Waals surface area contributed by atoms with E-state index in [1.165, 1.54) is 11.2 Å². The molecule has 170 valence electrons. The second kappa shape index (κ2) is 8.29. The van der Waals surface area contributed by atoms with Gasteiger partial charge in [-0.25, -0.2) is 0 Å². The predicted octanol–water partition coefficient (Wildman–Crippen LogP) is 6.21. The molecular weight excluding hydrogens is 438 g/mol. The first-order valence-corrected chi connectivity index (χ1v) is 11.4. The Morgan fingerprint density at radius 2 is 1.43 bits per heavy atom. The van der Waals surface area contributed by atoms with Gasteiger partial charge in [0, 0.05) is 5.56 Å². The molecule has 1 saturated heterocycles. The van der Waals surface area contributed by atoms with E-state index in [9.17, 15) is 14.7 Å². The summed E-state index contributed by atoms with van der Waals surface area (Å²) in [5, 5.41) is 15.2. The first-order chi connectivity index (χ1) is 17.1. The lowest BCUT2D eigenvalue weighted by molar-refractivity contribution is -0.140. The Hall–Kier alpha value is -4.64. The zero-order chi connectivity index (χ0) is 23.9. The molecule has 0 aliphatic carbocycles. The molecule has 6 rings (SSSR count). The van der Waals surface area contributed by atoms with E-state index in [-0.39, 0.29) is 17.9 Å². The van der Waals surface area contributed by atoms with Gasteiger partial charge < -0.3 is 14.4 Å². The number of rotatable bonds is 4. The molecule has 4 aromatic carbocycles. The van der Waals surface area contributed by atoms with Crippen molar-refractivity contribution in [2.75, 3.05) is 0 Å². The third-order valence-electron chi connectivity index (χ3n) is 6.61. The van der Waals surface area contributed by atoms with Gasteiger partial charge >= 0.3 is 0 Å². The van der Waals surface area contributed by atoms with Crippen LogP contribution in [0, 0.1) is 0 Å². The van der Waals surface area contributed by atoms with Crippen LogP contribution in [-0.2, 0) is 16.1 Å². The molecule has 0 bridgehead atoms. The number of fused-ring (bicyclic) bond motifs is 2. The Bertz CT molecular complexity index is 1620. The topological polar surface area (TPSA) is 70.8 Å². The Balaban J connectivity index is 1.62. The summed E-state index contributed by atoms with van der Waals surface area (Å²) in [5.74, 6) is -0.997. The van der Waals surface area contributed by atoms with Gasteiger partial charge in [0.05, 0.1) is 24.4 Å². The number of Topliss-reactive ketones (excluding diaryl/α,β-unsaturated/α-hetero) is 1. The van der Waals surface area contributed by atoms with Crippen LogP contribution in [0.15, 0.2) is 113 Å².